The molecule has 1 saturated heterocycles. The zero-order valence-electron chi connectivity index (χ0n) is 15.6. The largest absolute Gasteiger partial charge is 0.486 e. The molecule has 28 heavy (non-hydrogen) atoms. The Bertz CT molecular complexity index is 975. The number of hydrogen-bond donors (Lipinski definition) is 0. The second-order valence-electron chi connectivity index (χ2n) is 7.13. The number of nitrogens with zero attached hydrogens (tertiary/aromatic N) is 4. The van der Waals surface area contributed by atoms with E-state index in [-0.39, 0.29) is 5.91 Å². The molecule has 3 aromatic rings. The normalized spacial score (nSPS) is 17.1. The molecule has 0 saturated carbocycles. The lowest BCUT2D eigenvalue weighted by Crippen LogP contribution is -2.48. The summed E-state index contributed by atoms with van der Waals surface area (Å²) in [5.41, 5.74) is 2.67. The number of ether oxygens (including phenoxy) is 2. The van der Waals surface area contributed by atoms with Crippen molar-refractivity contribution < 1.29 is 14.3 Å². The summed E-state index contributed by atoms with van der Waals surface area (Å²) in [7, 11) is 0. The summed E-state index contributed by atoms with van der Waals surface area (Å²) in [5.74, 6) is 1.41. The minimum Gasteiger partial charge on any atom is -0.486 e. The SMILES string of the molecule is O=C(c1ccc2c(c1)OCCO2)N1CCN(Cc2cn3ccccc3n2)CC1. The average Bonchev–Trinajstić information content (AvgIpc) is 3.16. The van der Waals surface area contributed by atoms with Gasteiger partial charge in [0, 0.05) is 50.7 Å². The first kappa shape index (κ1) is 17.1. The van der Waals surface area contributed by atoms with Gasteiger partial charge in [0.15, 0.2) is 11.5 Å². The maximum atomic E-state index is 12.9. The maximum Gasteiger partial charge on any atom is 0.254 e. The third kappa shape index (κ3) is 3.29. The predicted molar refractivity (Wildman–Crippen MR) is 104 cm³/mol. The summed E-state index contributed by atoms with van der Waals surface area (Å²) < 4.78 is 13.2. The highest BCUT2D eigenvalue weighted by Crippen LogP contribution is 2.31. The number of amides is 1. The van der Waals surface area contributed by atoms with Crippen molar-refractivity contribution in [1.82, 2.24) is 19.2 Å². The van der Waals surface area contributed by atoms with E-state index in [2.05, 4.69) is 16.1 Å². The highest BCUT2D eigenvalue weighted by atomic mass is 16.6. The number of carbonyl (C=O) groups excluding carboxylic acids is 1. The lowest BCUT2D eigenvalue weighted by atomic mass is 10.1. The molecule has 0 spiro atoms. The summed E-state index contributed by atoms with van der Waals surface area (Å²) in [4.78, 5) is 21.8. The third-order valence-electron chi connectivity index (χ3n) is 5.25. The van der Waals surface area contributed by atoms with Crippen LogP contribution in [0.25, 0.3) is 5.65 Å². The first-order valence-electron chi connectivity index (χ1n) is 9.60. The second-order valence-corrected chi connectivity index (χ2v) is 7.13. The number of aromatic nitrogens is 2. The van der Waals surface area contributed by atoms with Crippen LogP contribution in [0.1, 0.15) is 16.1 Å². The molecule has 0 radical (unpaired) electrons. The summed E-state index contributed by atoms with van der Waals surface area (Å²) in [6.07, 6.45) is 4.08. The van der Waals surface area contributed by atoms with E-state index in [0.717, 1.165) is 31.0 Å². The molecule has 0 bridgehead atoms. The lowest BCUT2D eigenvalue weighted by Gasteiger charge is -2.34. The summed E-state index contributed by atoms with van der Waals surface area (Å²) >= 11 is 0. The highest BCUT2D eigenvalue weighted by Gasteiger charge is 2.24. The molecule has 7 nitrogen and oxygen atoms in total. The van der Waals surface area contributed by atoms with E-state index in [4.69, 9.17) is 9.47 Å². The summed E-state index contributed by atoms with van der Waals surface area (Å²) in [6.45, 7) is 4.96. The van der Waals surface area contributed by atoms with Crippen molar-refractivity contribution in [1.29, 1.82) is 0 Å². The Morgan fingerprint density at radius 3 is 2.64 bits per heavy atom. The van der Waals surface area contributed by atoms with Crippen LogP contribution in [0.15, 0.2) is 48.8 Å². The predicted octanol–water partition coefficient (Wildman–Crippen LogP) is 2.06. The first-order chi connectivity index (χ1) is 13.8. The fraction of sp³-hybridized carbons (Fsp3) is 0.333. The van der Waals surface area contributed by atoms with Gasteiger partial charge in [-0.3, -0.25) is 9.69 Å². The molecule has 2 aliphatic rings. The van der Waals surface area contributed by atoms with Crippen LogP contribution in [0.5, 0.6) is 11.5 Å². The van der Waals surface area contributed by atoms with Gasteiger partial charge in [0.1, 0.15) is 18.9 Å². The molecule has 1 aromatic carbocycles. The first-order valence-corrected chi connectivity index (χ1v) is 9.60. The number of benzene rings is 1. The molecule has 144 valence electrons. The molecule has 2 aromatic heterocycles. The lowest BCUT2D eigenvalue weighted by molar-refractivity contribution is 0.0626. The minimum absolute atomic E-state index is 0.0457. The van der Waals surface area contributed by atoms with E-state index >= 15 is 0 Å². The molecule has 0 unspecified atom stereocenters. The number of rotatable bonds is 3. The van der Waals surface area contributed by atoms with E-state index in [1.54, 1.807) is 6.07 Å². The average molecular weight is 378 g/mol. The van der Waals surface area contributed by atoms with Gasteiger partial charge in [-0.15, -0.1) is 0 Å². The summed E-state index contributed by atoms with van der Waals surface area (Å²) in [6, 6.07) is 11.4. The Hall–Kier alpha value is -3.06. The van der Waals surface area contributed by atoms with Crippen LogP contribution in [-0.4, -0.2) is 64.5 Å². The molecule has 2 aliphatic heterocycles. The molecular weight excluding hydrogens is 356 g/mol. The fourth-order valence-corrected chi connectivity index (χ4v) is 3.76. The van der Waals surface area contributed by atoms with E-state index in [9.17, 15) is 4.79 Å². The van der Waals surface area contributed by atoms with Crippen LogP contribution in [0.3, 0.4) is 0 Å². The van der Waals surface area contributed by atoms with Crippen LogP contribution in [0, 0.1) is 0 Å². The van der Waals surface area contributed by atoms with Crippen LogP contribution in [-0.2, 0) is 6.54 Å². The Morgan fingerprint density at radius 1 is 1.00 bits per heavy atom. The van der Waals surface area contributed by atoms with Gasteiger partial charge in [0.05, 0.1) is 5.69 Å². The van der Waals surface area contributed by atoms with Gasteiger partial charge in [-0.25, -0.2) is 4.98 Å². The Labute approximate surface area is 163 Å². The molecule has 0 aliphatic carbocycles. The standard InChI is InChI=1S/C21H22N4O3/c26-21(16-4-5-18-19(13-16)28-12-11-27-18)24-9-7-23(8-10-24)14-17-15-25-6-2-1-3-20(25)22-17/h1-6,13,15H,7-12,14H2. The van der Waals surface area contributed by atoms with Crippen molar-refractivity contribution >= 4 is 11.6 Å². The quantitative estimate of drug-likeness (QED) is 0.698. The number of piperazine rings is 1. The molecule has 1 amide bonds. The van der Waals surface area contributed by atoms with Crippen LogP contribution in [0.4, 0.5) is 0 Å². The number of pyridine rings is 1. The number of imidazole rings is 1. The van der Waals surface area contributed by atoms with Crippen LogP contribution >= 0.6 is 0 Å². The van der Waals surface area contributed by atoms with E-state index in [1.165, 1.54) is 0 Å². The van der Waals surface area contributed by atoms with Gasteiger partial charge in [-0.1, -0.05) is 6.07 Å². The maximum absolute atomic E-state index is 12.9. The fourth-order valence-electron chi connectivity index (χ4n) is 3.76. The van der Waals surface area contributed by atoms with E-state index in [0.29, 0.717) is 43.4 Å². The van der Waals surface area contributed by atoms with Gasteiger partial charge >= 0.3 is 0 Å². The van der Waals surface area contributed by atoms with Crippen molar-refractivity contribution in [3.63, 3.8) is 0 Å². The second kappa shape index (κ2) is 7.16. The van der Waals surface area contributed by atoms with Crippen molar-refractivity contribution in [3.05, 3.63) is 60.0 Å². The minimum atomic E-state index is 0.0457. The van der Waals surface area contributed by atoms with Crippen LogP contribution < -0.4 is 9.47 Å². The molecule has 0 atom stereocenters. The molecule has 5 rings (SSSR count). The topological polar surface area (TPSA) is 59.3 Å². The Morgan fingerprint density at radius 2 is 1.82 bits per heavy atom. The van der Waals surface area contributed by atoms with E-state index < -0.39 is 0 Å². The number of fused-ring (bicyclic) bond motifs is 2. The highest BCUT2D eigenvalue weighted by molar-refractivity contribution is 5.95. The molecular formula is C21H22N4O3. The Kier molecular flexibility index (Phi) is 4.37. The zero-order valence-corrected chi connectivity index (χ0v) is 15.6. The molecule has 7 heteroatoms. The molecule has 4 heterocycles. The Balaban J connectivity index is 1.21. The van der Waals surface area contributed by atoms with Gasteiger partial charge < -0.3 is 18.8 Å². The van der Waals surface area contributed by atoms with Gasteiger partial charge in [-0.05, 0) is 30.3 Å². The van der Waals surface area contributed by atoms with Crippen molar-refractivity contribution in [2.45, 2.75) is 6.54 Å². The summed E-state index contributed by atoms with van der Waals surface area (Å²) in [5, 5.41) is 0. The third-order valence-corrected chi connectivity index (χ3v) is 5.25. The number of hydrogen-bond acceptors (Lipinski definition) is 5. The van der Waals surface area contributed by atoms with Gasteiger partial charge in [-0.2, -0.15) is 0 Å². The zero-order chi connectivity index (χ0) is 18.9. The van der Waals surface area contributed by atoms with E-state index in [1.807, 2.05) is 45.8 Å². The van der Waals surface area contributed by atoms with Crippen molar-refractivity contribution in [3.8, 4) is 11.5 Å². The number of carbonyl (C=O) groups is 1. The smallest absolute Gasteiger partial charge is 0.254 e. The monoisotopic (exact) mass is 378 g/mol. The van der Waals surface area contributed by atoms with Crippen molar-refractivity contribution in [2.24, 2.45) is 0 Å². The van der Waals surface area contributed by atoms with Crippen LogP contribution in [0.2, 0.25) is 0 Å². The van der Waals surface area contributed by atoms with Gasteiger partial charge in [0.25, 0.3) is 5.91 Å². The molecule has 1 fully saturated rings. The van der Waals surface area contributed by atoms with Crippen molar-refractivity contribution in [2.75, 3.05) is 39.4 Å². The van der Waals surface area contributed by atoms with Gasteiger partial charge in [0.2, 0.25) is 0 Å². The molecule has 0 N–H and O–H groups in total.